The predicted molar refractivity (Wildman–Crippen MR) is 130 cm³/mol. The van der Waals surface area contributed by atoms with Crippen LogP contribution in [0.3, 0.4) is 0 Å². The third-order valence-corrected chi connectivity index (χ3v) is 8.16. The first-order valence-corrected chi connectivity index (χ1v) is 12.5. The van der Waals surface area contributed by atoms with Gasteiger partial charge in [0.15, 0.2) is 16.2 Å². The van der Waals surface area contributed by atoms with Gasteiger partial charge in [0.1, 0.15) is 11.3 Å². The van der Waals surface area contributed by atoms with Crippen LogP contribution >= 0.6 is 57.9 Å². The van der Waals surface area contributed by atoms with Crippen molar-refractivity contribution in [3.8, 4) is 28.1 Å². The molecule has 162 valence electrons. The van der Waals surface area contributed by atoms with E-state index in [0.29, 0.717) is 31.4 Å². The van der Waals surface area contributed by atoms with E-state index in [0.717, 1.165) is 21.3 Å². The van der Waals surface area contributed by atoms with E-state index in [4.69, 9.17) is 34.8 Å². The molecule has 0 saturated heterocycles. The fourth-order valence-electron chi connectivity index (χ4n) is 3.95. The average Bonchev–Trinajstić information content (AvgIpc) is 3.37. The Balaban J connectivity index is 1.85. The lowest BCUT2D eigenvalue weighted by Crippen LogP contribution is -2.43. The maximum absolute atomic E-state index is 14.0. The lowest BCUT2D eigenvalue weighted by molar-refractivity contribution is -0.704. The molecule has 10 heteroatoms. The number of thiazole rings is 1. The highest BCUT2D eigenvalue weighted by molar-refractivity contribution is 7.99. The quantitative estimate of drug-likeness (QED) is 0.271. The first kappa shape index (κ1) is 21.8. The monoisotopic (exact) mass is 522 g/mol. The van der Waals surface area contributed by atoms with Gasteiger partial charge in [0, 0.05) is 21.8 Å². The number of phenolic OH excluding ortho intramolecular Hbond substituents is 1. The average molecular weight is 524 g/mol. The molecule has 2 aromatic carbocycles. The van der Waals surface area contributed by atoms with Gasteiger partial charge in [-0.15, -0.1) is 11.3 Å². The highest BCUT2D eigenvalue weighted by Gasteiger charge is 2.39. The summed E-state index contributed by atoms with van der Waals surface area (Å²) in [7, 11) is 1.93. The lowest BCUT2D eigenvalue weighted by Gasteiger charge is -2.15. The number of phenols is 1. The minimum absolute atomic E-state index is 0.151. The Morgan fingerprint density at radius 1 is 1.09 bits per heavy atom. The number of hydrogen-bond acceptors (Lipinski definition) is 5. The SMILES string of the molecule is C[n+]1c(-c2ccc(O)cc2)c(-c2cc(Cl)cc(Cl)c2)c(=O)n2c1SC[C@@H]2c1cnc(Cl)s1. The molecule has 0 fully saturated rings. The van der Waals surface area contributed by atoms with Gasteiger partial charge in [-0.05, 0) is 59.8 Å². The molecule has 0 unspecified atom stereocenters. The van der Waals surface area contributed by atoms with Crippen LogP contribution in [-0.2, 0) is 7.05 Å². The van der Waals surface area contributed by atoms with Crippen LogP contribution in [-0.4, -0.2) is 20.4 Å². The maximum atomic E-state index is 14.0. The molecule has 0 aliphatic carbocycles. The number of benzene rings is 2. The van der Waals surface area contributed by atoms with Crippen LogP contribution in [0.1, 0.15) is 10.9 Å². The van der Waals surface area contributed by atoms with Crippen LogP contribution in [0.4, 0.5) is 0 Å². The second-order valence-electron chi connectivity index (χ2n) is 7.29. The number of aromatic nitrogens is 3. The van der Waals surface area contributed by atoms with Gasteiger partial charge in [-0.3, -0.25) is 0 Å². The Kier molecular flexibility index (Phi) is 5.72. The third kappa shape index (κ3) is 3.72. The molecule has 0 saturated carbocycles. The number of aromatic hydroxyl groups is 1. The van der Waals surface area contributed by atoms with Gasteiger partial charge in [-0.1, -0.05) is 34.8 Å². The van der Waals surface area contributed by atoms with E-state index in [-0.39, 0.29) is 17.4 Å². The van der Waals surface area contributed by atoms with Crippen molar-refractivity contribution in [2.75, 3.05) is 5.75 Å². The van der Waals surface area contributed by atoms with E-state index >= 15 is 0 Å². The zero-order valence-electron chi connectivity index (χ0n) is 16.6. The van der Waals surface area contributed by atoms with Crippen LogP contribution in [0.15, 0.2) is 58.6 Å². The fraction of sp³-hybridized carbons (Fsp3) is 0.136. The summed E-state index contributed by atoms with van der Waals surface area (Å²) in [5.41, 5.74) is 2.46. The summed E-state index contributed by atoms with van der Waals surface area (Å²) < 4.78 is 4.24. The topological polar surface area (TPSA) is 59.0 Å². The zero-order valence-corrected chi connectivity index (χ0v) is 20.5. The second-order valence-corrected chi connectivity index (χ2v) is 10.8. The molecule has 5 nitrogen and oxygen atoms in total. The first-order valence-electron chi connectivity index (χ1n) is 9.52. The standard InChI is InChI=1S/C22H14Cl3N3O2S2/c1-27-19(11-2-4-15(29)5-3-11)18(12-6-13(23)8-14(24)7-12)20(30)28-16(10-31-22(27)28)17-9-26-21(25)32-17/h2-9,16H,10H2,1H3/p+1/t16-/m1/s1. The van der Waals surface area contributed by atoms with Gasteiger partial charge in [0.2, 0.25) is 0 Å². The Morgan fingerprint density at radius 3 is 2.41 bits per heavy atom. The summed E-state index contributed by atoms with van der Waals surface area (Å²) in [6.07, 6.45) is 1.73. The zero-order chi connectivity index (χ0) is 22.6. The summed E-state index contributed by atoms with van der Waals surface area (Å²) in [6, 6.07) is 11.7. The smallest absolute Gasteiger partial charge is 0.347 e. The number of thioether (sulfide) groups is 1. The van der Waals surface area contributed by atoms with Gasteiger partial charge in [-0.2, -0.15) is 4.57 Å². The van der Waals surface area contributed by atoms with E-state index in [2.05, 4.69) is 4.98 Å². The molecule has 0 spiro atoms. The summed E-state index contributed by atoms with van der Waals surface area (Å²) in [5.74, 6) is 0.842. The number of rotatable bonds is 3. The van der Waals surface area contributed by atoms with Gasteiger partial charge >= 0.3 is 10.7 Å². The van der Waals surface area contributed by atoms with E-state index in [1.165, 1.54) is 11.3 Å². The van der Waals surface area contributed by atoms with Gasteiger partial charge in [-0.25, -0.2) is 14.3 Å². The minimum atomic E-state index is -0.180. The molecular weight excluding hydrogens is 509 g/mol. The van der Waals surface area contributed by atoms with Crippen molar-refractivity contribution < 1.29 is 9.67 Å². The van der Waals surface area contributed by atoms with E-state index in [9.17, 15) is 9.90 Å². The van der Waals surface area contributed by atoms with Crippen molar-refractivity contribution in [2.24, 2.45) is 7.05 Å². The van der Waals surface area contributed by atoms with Crippen LogP contribution in [0.2, 0.25) is 14.5 Å². The lowest BCUT2D eigenvalue weighted by atomic mass is 9.99. The molecule has 0 amide bonds. The highest BCUT2D eigenvalue weighted by atomic mass is 35.5. The maximum Gasteiger partial charge on any atom is 0.347 e. The Bertz CT molecular complexity index is 1400. The van der Waals surface area contributed by atoms with Gasteiger partial charge < -0.3 is 5.11 Å². The van der Waals surface area contributed by atoms with Crippen LogP contribution in [0, 0.1) is 0 Å². The van der Waals surface area contributed by atoms with E-state index in [1.807, 2.05) is 11.6 Å². The number of nitrogens with zero attached hydrogens (tertiary/aromatic N) is 3. The van der Waals surface area contributed by atoms with Crippen LogP contribution in [0.5, 0.6) is 5.75 Å². The molecule has 1 aliphatic heterocycles. The summed E-state index contributed by atoms with van der Waals surface area (Å²) in [5, 5.41) is 11.5. The Morgan fingerprint density at radius 2 is 1.78 bits per heavy atom. The molecule has 1 atom stereocenters. The fourth-order valence-corrected chi connectivity index (χ4v) is 6.89. The molecule has 0 radical (unpaired) electrons. The van der Waals surface area contributed by atoms with Gasteiger partial charge in [0.25, 0.3) is 0 Å². The summed E-state index contributed by atoms with van der Waals surface area (Å²) in [4.78, 5) is 19.1. The van der Waals surface area contributed by atoms with Crippen molar-refractivity contribution in [3.05, 3.63) is 78.4 Å². The Labute approximate surface area is 206 Å². The summed E-state index contributed by atoms with van der Waals surface area (Å²) >= 11 is 21.6. The number of halogens is 3. The molecule has 3 heterocycles. The van der Waals surface area contributed by atoms with Gasteiger partial charge in [0.05, 0.1) is 17.7 Å². The van der Waals surface area contributed by atoms with Crippen LogP contribution < -0.4 is 10.1 Å². The molecule has 4 aromatic rings. The molecule has 0 bridgehead atoms. The normalized spacial score (nSPS) is 15.2. The van der Waals surface area contributed by atoms with E-state index in [1.54, 1.807) is 65.0 Å². The van der Waals surface area contributed by atoms with E-state index < -0.39 is 0 Å². The van der Waals surface area contributed by atoms with Crippen molar-refractivity contribution >= 4 is 57.9 Å². The molecule has 1 aliphatic rings. The number of fused-ring (bicyclic) bond motifs is 1. The Hall–Kier alpha value is -2.03. The summed E-state index contributed by atoms with van der Waals surface area (Å²) in [6.45, 7) is 0. The molecular formula is C22H15Cl3N3O2S2+. The molecule has 1 N–H and O–H groups in total. The highest BCUT2D eigenvalue weighted by Crippen LogP contribution is 2.40. The third-order valence-electron chi connectivity index (χ3n) is 5.30. The van der Waals surface area contributed by atoms with Crippen molar-refractivity contribution in [3.63, 3.8) is 0 Å². The second kappa shape index (κ2) is 8.39. The molecule has 5 rings (SSSR count). The molecule has 32 heavy (non-hydrogen) atoms. The van der Waals surface area contributed by atoms with Crippen molar-refractivity contribution in [2.45, 2.75) is 11.2 Å². The minimum Gasteiger partial charge on any atom is -0.508 e. The first-order chi connectivity index (χ1) is 15.3. The predicted octanol–water partition coefficient (Wildman–Crippen LogP) is 5.82. The van der Waals surface area contributed by atoms with Crippen molar-refractivity contribution in [1.29, 1.82) is 0 Å². The van der Waals surface area contributed by atoms with Crippen LogP contribution in [0.25, 0.3) is 22.4 Å². The largest absolute Gasteiger partial charge is 0.508 e. The molecule has 2 aromatic heterocycles. The van der Waals surface area contributed by atoms with Crippen molar-refractivity contribution in [1.82, 2.24) is 9.55 Å². The number of hydrogen-bond donors (Lipinski definition) is 1.